The van der Waals surface area contributed by atoms with E-state index < -0.39 is 0 Å². The molecule has 1 aromatic rings. The third kappa shape index (κ3) is 3.16. The minimum absolute atomic E-state index is 0.108. The molecule has 2 aliphatic rings. The van der Waals surface area contributed by atoms with Crippen molar-refractivity contribution < 1.29 is 9.53 Å². The molecule has 5 nitrogen and oxygen atoms in total. The van der Waals surface area contributed by atoms with Crippen molar-refractivity contribution in [1.82, 2.24) is 14.8 Å². The topological polar surface area (TPSA) is 45.7 Å². The molecule has 3 rings (SSSR count). The number of hydrogen-bond acceptors (Lipinski definition) is 4. The van der Waals surface area contributed by atoms with Gasteiger partial charge in [-0.25, -0.2) is 4.98 Å². The van der Waals surface area contributed by atoms with Gasteiger partial charge in [0.15, 0.2) is 0 Å². The predicted octanol–water partition coefficient (Wildman–Crippen LogP) is 1.79. The van der Waals surface area contributed by atoms with Crippen LogP contribution in [0.1, 0.15) is 10.4 Å². The highest BCUT2D eigenvalue weighted by Crippen LogP contribution is 2.27. The highest BCUT2D eigenvalue weighted by atomic mass is 35.5. The van der Waals surface area contributed by atoms with Crippen molar-refractivity contribution in [3.05, 3.63) is 28.0 Å². The molecule has 0 radical (unpaired) electrons. The Labute approximate surface area is 133 Å². The molecule has 2 atom stereocenters. The van der Waals surface area contributed by atoms with E-state index in [1.165, 1.54) is 12.3 Å². The molecule has 0 unspecified atom stereocenters. The van der Waals surface area contributed by atoms with Gasteiger partial charge in [0.25, 0.3) is 5.91 Å². The van der Waals surface area contributed by atoms with Gasteiger partial charge in [0.2, 0.25) is 0 Å². The van der Waals surface area contributed by atoms with Crippen LogP contribution in [0, 0.1) is 5.92 Å². The van der Waals surface area contributed by atoms with Crippen molar-refractivity contribution in [2.45, 2.75) is 6.10 Å². The lowest BCUT2D eigenvalue weighted by Gasteiger charge is -2.19. The molecule has 0 aliphatic carbocycles. The van der Waals surface area contributed by atoms with Gasteiger partial charge >= 0.3 is 0 Å². The second-order valence-electron chi connectivity index (χ2n) is 5.63. The summed E-state index contributed by atoms with van der Waals surface area (Å²) < 4.78 is 5.86. The van der Waals surface area contributed by atoms with Gasteiger partial charge in [-0.05, 0) is 13.1 Å². The predicted molar refractivity (Wildman–Crippen MR) is 80.9 cm³/mol. The number of ether oxygens (including phenoxy) is 1. The Hall–Kier alpha value is -0.880. The zero-order valence-electron chi connectivity index (χ0n) is 11.8. The van der Waals surface area contributed by atoms with Crippen LogP contribution in [0.25, 0.3) is 0 Å². The number of pyridine rings is 1. The average molecular weight is 330 g/mol. The maximum atomic E-state index is 12.6. The normalized spacial score (nSPS) is 26.5. The SMILES string of the molecule is CN1CCO[C@@H]2CN(C(=O)c3cnc(Cl)cc3Cl)C[C@@H]2C1. The third-order valence-electron chi connectivity index (χ3n) is 4.07. The monoisotopic (exact) mass is 329 g/mol. The zero-order chi connectivity index (χ0) is 15.0. The van der Waals surface area contributed by atoms with Gasteiger partial charge in [0.1, 0.15) is 5.15 Å². The largest absolute Gasteiger partial charge is 0.375 e. The molecule has 2 fully saturated rings. The number of likely N-dealkylation sites (N-methyl/N-ethyl adjacent to an activating group) is 1. The van der Waals surface area contributed by atoms with Crippen LogP contribution in [0.5, 0.6) is 0 Å². The van der Waals surface area contributed by atoms with E-state index in [1.807, 2.05) is 0 Å². The van der Waals surface area contributed by atoms with E-state index in [0.717, 1.165) is 13.1 Å². The van der Waals surface area contributed by atoms with Crippen molar-refractivity contribution in [2.24, 2.45) is 5.92 Å². The first-order valence-corrected chi connectivity index (χ1v) is 7.70. The van der Waals surface area contributed by atoms with E-state index in [9.17, 15) is 4.79 Å². The molecule has 0 bridgehead atoms. The Balaban J connectivity index is 1.75. The van der Waals surface area contributed by atoms with Gasteiger partial charge in [-0.3, -0.25) is 4.79 Å². The fourth-order valence-electron chi connectivity index (χ4n) is 2.96. The molecular formula is C14H17Cl2N3O2. The number of rotatable bonds is 1. The van der Waals surface area contributed by atoms with E-state index >= 15 is 0 Å². The van der Waals surface area contributed by atoms with Crippen LogP contribution in [0.15, 0.2) is 12.3 Å². The molecule has 3 heterocycles. The van der Waals surface area contributed by atoms with E-state index in [2.05, 4.69) is 16.9 Å². The van der Waals surface area contributed by atoms with Gasteiger partial charge < -0.3 is 14.5 Å². The quantitative estimate of drug-likeness (QED) is 0.737. The van der Waals surface area contributed by atoms with Crippen molar-refractivity contribution in [1.29, 1.82) is 0 Å². The average Bonchev–Trinajstić information content (AvgIpc) is 2.73. The number of amides is 1. The number of likely N-dealkylation sites (tertiary alicyclic amines) is 1. The summed E-state index contributed by atoms with van der Waals surface area (Å²) in [5.74, 6) is 0.240. The second kappa shape index (κ2) is 6.08. The summed E-state index contributed by atoms with van der Waals surface area (Å²) in [5, 5.41) is 0.623. The van der Waals surface area contributed by atoms with Gasteiger partial charge in [0, 0.05) is 38.3 Å². The van der Waals surface area contributed by atoms with E-state index in [0.29, 0.717) is 36.2 Å². The molecule has 2 saturated heterocycles. The fourth-order valence-corrected chi connectivity index (χ4v) is 3.40. The van der Waals surface area contributed by atoms with E-state index in [-0.39, 0.29) is 17.2 Å². The molecule has 114 valence electrons. The number of hydrogen-bond donors (Lipinski definition) is 0. The molecular weight excluding hydrogens is 313 g/mol. The summed E-state index contributed by atoms with van der Waals surface area (Å²) in [6, 6.07) is 1.49. The molecule has 0 N–H and O–H groups in total. The number of aromatic nitrogens is 1. The highest BCUT2D eigenvalue weighted by Gasteiger charge is 2.38. The van der Waals surface area contributed by atoms with E-state index in [4.69, 9.17) is 27.9 Å². The molecule has 1 amide bonds. The number of carbonyl (C=O) groups excluding carboxylic acids is 1. The Kier molecular flexibility index (Phi) is 4.36. The van der Waals surface area contributed by atoms with Crippen LogP contribution in [-0.4, -0.2) is 66.6 Å². The number of halogens is 2. The number of fused-ring (bicyclic) bond motifs is 1. The van der Waals surface area contributed by atoms with Gasteiger partial charge in [-0.2, -0.15) is 0 Å². The van der Waals surface area contributed by atoms with Crippen molar-refractivity contribution >= 4 is 29.1 Å². The number of nitrogens with zero attached hydrogens (tertiary/aromatic N) is 3. The van der Waals surface area contributed by atoms with Crippen molar-refractivity contribution in [3.63, 3.8) is 0 Å². The van der Waals surface area contributed by atoms with Gasteiger partial charge in [0.05, 0.1) is 23.3 Å². The molecule has 0 aromatic carbocycles. The summed E-state index contributed by atoms with van der Waals surface area (Å²) in [5.41, 5.74) is 0.394. The number of carbonyl (C=O) groups is 1. The zero-order valence-corrected chi connectivity index (χ0v) is 13.3. The molecule has 7 heteroatoms. The lowest BCUT2D eigenvalue weighted by Crippen LogP contribution is -2.32. The highest BCUT2D eigenvalue weighted by molar-refractivity contribution is 6.36. The summed E-state index contributed by atoms with van der Waals surface area (Å²) in [6.07, 6.45) is 1.55. The summed E-state index contributed by atoms with van der Waals surface area (Å²) in [4.78, 5) is 20.6. The Bertz CT molecular complexity index is 555. The summed E-state index contributed by atoms with van der Waals surface area (Å²) >= 11 is 11.9. The molecule has 2 aliphatic heterocycles. The van der Waals surface area contributed by atoms with Crippen molar-refractivity contribution in [2.75, 3.05) is 39.8 Å². The Morgan fingerprint density at radius 1 is 1.38 bits per heavy atom. The van der Waals surface area contributed by atoms with Crippen LogP contribution in [0.2, 0.25) is 10.2 Å². The fraction of sp³-hybridized carbons (Fsp3) is 0.571. The molecule has 0 saturated carbocycles. The standard InChI is InChI=1S/C14H17Cl2N3O2/c1-18-2-3-21-12-8-19(7-9(12)6-18)14(20)10-5-17-13(16)4-11(10)15/h4-5,9,12H,2-3,6-8H2,1H3/t9-,12+/m0/s1. The molecule has 21 heavy (non-hydrogen) atoms. The Morgan fingerprint density at radius 2 is 2.19 bits per heavy atom. The summed E-state index contributed by atoms with van der Waals surface area (Å²) in [6.45, 7) is 3.89. The van der Waals surface area contributed by atoms with Gasteiger partial charge in [-0.1, -0.05) is 23.2 Å². The van der Waals surface area contributed by atoms with E-state index in [1.54, 1.807) is 4.90 Å². The summed E-state index contributed by atoms with van der Waals surface area (Å²) in [7, 11) is 2.08. The van der Waals surface area contributed by atoms with Crippen LogP contribution in [-0.2, 0) is 4.74 Å². The minimum atomic E-state index is -0.108. The minimum Gasteiger partial charge on any atom is -0.375 e. The Morgan fingerprint density at radius 3 is 2.95 bits per heavy atom. The van der Waals surface area contributed by atoms with Crippen LogP contribution in [0.4, 0.5) is 0 Å². The maximum Gasteiger partial charge on any atom is 0.257 e. The first-order valence-electron chi connectivity index (χ1n) is 6.95. The van der Waals surface area contributed by atoms with Crippen molar-refractivity contribution in [3.8, 4) is 0 Å². The maximum absolute atomic E-state index is 12.6. The lowest BCUT2D eigenvalue weighted by molar-refractivity contribution is 0.0487. The second-order valence-corrected chi connectivity index (χ2v) is 6.42. The van der Waals surface area contributed by atoms with Crippen LogP contribution >= 0.6 is 23.2 Å². The smallest absolute Gasteiger partial charge is 0.257 e. The molecule has 1 aromatic heterocycles. The molecule has 0 spiro atoms. The van der Waals surface area contributed by atoms with Crippen LogP contribution in [0.3, 0.4) is 0 Å². The first-order chi connectivity index (χ1) is 10.0. The third-order valence-corrected chi connectivity index (χ3v) is 4.59. The first kappa shape index (κ1) is 15.0. The van der Waals surface area contributed by atoms with Gasteiger partial charge in [-0.15, -0.1) is 0 Å². The van der Waals surface area contributed by atoms with Crippen LogP contribution < -0.4 is 0 Å². The lowest BCUT2D eigenvalue weighted by atomic mass is 10.1.